The first-order valence-electron chi connectivity index (χ1n) is 12.8. The number of benzene rings is 4. The first-order chi connectivity index (χ1) is 18.4. The Labute approximate surface area is 240 Å². The molecule has 0 aromatic heterocycles. The van der Waals surface area contributed by atoms with E-state index < -0.39 is 15.3 Å². The third-order valence-corrected chi connectivity index (χ3v) is 10.0. The van der Waals surface area contributed by atoms with Gasteiger partial charge in [-0.3, -0.25) is 0 Å². The summed E-state index contributed by atoms with van der Waals surface area (Å²) in [7, 11) is 12.4. The summed E-state index contributed by atoms with van der Waals surface area (Å²) in [4.78, 5) is 0. The molecule has 3 heteroatoms. The van der Waals surface area contributed by atoms with E-state index in [-0.39, 0.29) is 0 Å². The van der Waals surface area contributed by atoms with Crippen molar-refractivity contribution in [2.24, 2.45) is 0 Å². The standard InChI is InChI=1S/C13H10.2C11H11.2ClH.Ti/c1-3-7-12(8-4-1)11-13-9-5-2-6-10-13;2*1-8-7-10-5-3-4-6-11(10)9(8)2;;;/h1-10H;2*3-7H,1-2H3;2*1H;/q;2*-1;;;+2/p-2. The Morgan fingerprint density at radius 3 is 1.18 bits per heavy atom. The van der Waals surface area contributed by atoms with Gasteiger partial charge in [0.05, 0.1) is 0 Å². The predicted octanol–water partition coefficient (Wildman–Crippen LogP) is 10.5. The van der Waals surface area contributed by atoms with E-state index in [1.807, 2.05) is 36.4 Å². The van der Waals surface area contributed by atoms with Crippen molar-refractivity contribution in [1.82, 2.24) is 0 Å². The molecule has 0 fully saturated rings. The van der Waals surface area contributed by atoms with Crippen LogP contribution in [0.5, 0.6) is 0 Å². The Kier molecular flexibility index (Phi) is 9.94. The summed E-state index contributed by atoms with van der Waals surface area (Å²) in [5.41, 5.74) is 7.89. The van der Waals surface area contributed by atoms with Gasteiger partial charge in [0, 0.05) is 0 Å². The molecular formula is C35H32Cl2Ti-2. The molecule has 0 saturated carbocycles. The van der Waals surface area contributed by atoms with Crippen LogP contribution in [0, 0.1) is 27.7 Å². The molecule has 0 N–H and O–H groups in total. The predicted molar refractivity (Wildman–Crippen MR) is 166 cm³/mol. The number of hydrogen-bond acceptors (Lipinski definition) is 0. The van der Waals surface area contributed by atoms with Crippen LogP contribution in [0.2, 0.25) is 0 Å². The molecule has 0 amide bonds. The van der Waals surface area contributed by atoms with Crippen LogP contribution in [-0.2, 0) is 15.3 Å². The quantitative estimate of drug-likeness (QED) is 0.143. The second-order valence-electron chi connectivity index (χ2n) is 9.45. The van der Waals surface area contributed by atoms with Crippen molar-refractivity contribution < 1.29 is 15.3 Å². The van der Waals surface area contributed by atoms with Gasteiger partial charge < -0.3 is 0 Å². The molecule has 192 valence electrons. The molecule has 0 aliphatic rings. The molecule has 0 aliphatic carbocycles. The number of fused-ring (bicyclic) bond motifs is 2. The van der Waals surface area contributed by atoms with E-state index in [0.29, 0.717) is 0 Å². The molecule has 0 saturated heterocycles. The van der Waals surface area contributed by atoms with Crippen LogP contribution in [0.1, 0.15) is 33.4 Å². The van der Waals surface area contributed by atoms with Gasteiger partial charge in [-0.25, -0.2) is 0 Å². The average molecular weight is 571 g/mol. The van der Waals surface area contributed by atoms with Crippen LogP contribution in [-0.4, -0.2) is 3.81 Å². The fourth-order valence-corrected chi connectivity index (χ4v) is 7.63. The molecule has 38 heavy (non-hydrogen) atoms. The maximum absolute atomic E-state index is 6.21. The number of halogens is 2. The van der Waals surface area contributed by atoms with Gasteiger partial charge in [0.1, 0.15) is 0 Å². The van der Waals surface area contributed by atoms with Gasteiger partial charge in [0.15, 0.2) is 0 Å². The fourth-order valence-electron chi connectivity index (χ4n) is 4.63. The van der Waals surface area contributed by atoms with Crippen LogP contribution in [0.15, 0.2) is 121 Å². The van der Waals surface area contributed by atoms with Crippen LogP contribution < -0.4 is 0 Å². The van der Waals surface area contributed by atoms with E-state index in [0.717, 1.165) is 14.9 Å². The van der Waals surface area contributed by atoms with E-state index >= 15 is 0 Å². The summed E-state index contributed by atoms with van der Waals surface area (Å²) in [6.45, 7) is 8.68. The van der Waals surface area contributed by atoms with Crippen LogP contribution in [0.3, 0.4) is 0 Å². The fraction of sp³-hybridized carbons (Fsp3) is 0.114. The molecule has 0 heterocycles. The molecule has 0 radical (unpaired) electrons. The second-order valence-corrected chi connectivity index (χ2v) is 15.0. The zero-order valence-electron chi connectivity index (χ0n) is 22.3. The van der Waals surface area contributed by atoms with Gasteiger partial charge in [-0.1, -0.05) is 39.8 Å². The zero-order chi connectivity index (χ0) is 27.1. The van der Waals surface area contributed by atoms with Crippen molar-refractivity contribution in [3.63, 3.8) is 0 Å². The minimum atomic E-state index is -2.15. The van der Waals surface area contributed by atoms with E-state index in [1.54, 1.807) is 0 Å². The molecule has 0 spiro atoms. The van der Waals surface area contributed by atoms with Gasteiger partial charge in [-0.05, 0) is 0 Å². The van der Waals surface area contributed by atoms with Crippen molar-refractivity contribution in [1.29, 1.82) is 0 Å². The first-order valence-corrected chi connectivity index (χ1v) is 17.8. The van der Waals surface area contributed by atoms with E-state index in [9.17, 15) is 0 Å². The normalized spacial score (nSPS) is 10.4. The van der Waals surface area contributed by atoms with Crippen molar-refractivity contribution in [3.8, 4) is 0 Å². The molecule has 0 atom stereocenters. The zero-order valence-corrected chi connectivity index (χ0v) is 25.4. The van der Waals surface area contributed by atoms with Crippen LogP contribution >= 0.6 is 18.6 Å². The third-order valence-electron chi connectivity index (χ3n) is 6.97. The maximum atomic E-state index is 6.21. The molecule has 6 aromatic carbocycles. The Balaban J connectivity index is 0.000000136. The molecule has 6 aromatic rings. The van der Waals surface area contributed by atoms with E-state index in [4.69, 9.17) is 18.6 Å². The monoisotopic (exact) mass is 570 g/mol. The third kappa shape index (κ3) is 6.82. The molecular weight excluding hydrogens is 539 g/mol. The van der Waals surface area contributed by atoms with Crippen molar-refractivity contribution in [3.05, 3.63) is 155 Å². The van der Waals surface area contributed by atoms with Gasteiger partial charge in [-0.2, -0.15) is 11.1 Å². The number of rotatable bonds is 2. The summed E-state index contributed by atoms with van der Waals surface area (Å²) in [6.07, 6.45) is 0. The second kappa shape index (κ2) is 13.4. The summed E-state index contributed by atoms with van der Waals surface area (Å²) in [5.74, 6) is 0. The van der Waals surface area contributed by atoms with Gasteiger partial charge in [0.25, 0.3) is 0 Å². The number of hydrogen-bond donors (Lipinski definition) is 0. The van der Waals surface area contributed by atoms with Crippen molar-refractivity contribution in [2.45, 2.75) is 27.7 Å². The summed E-state index contributed by atoms with van der Waals surface area (Å²) in [6, 6.07) is 41.8. The van der Waals surface area contributed by atoms with E-state index in [1.165, 1.54) is 43.8 Å². The molecule has 0 bridgehead atoms. The van der Waals surface area contributed by atoms with E-state index in [2.05, 4.69) is 113 Å². The summed E-state index contributed by atoms with van der Waals surface area (Å²) < 4.78 is 1.12. The SMILES string of the molecule is Cc1[cH-]c2ccccc2c1C.Cc1[cH-]c2ccccc2c1C.[Cl][Ti]([Cl])=[C](c1ccccc1)c1ccccc1. The van der Waals surface area contributed by atoms with Gasteiger partial charge in [-0.15, -0.1) is 81.2 Å². The number of aryl methyl sites for hydroxylation is 4. The Bertz CT molecular complexity index is 1530. The van der Waals surface area contributed by atoms with Gasteiger partial charge >= 0.3 is 109 Å². The van der Waals surface area contributed by atoms with Crippen LogP contribution in [0.25, 0.3) is 21.5 Å². The van der Waals surface area contributed by atoms with Crippen LogP contribution in [0.4, 0.5) is 0 Å². The topological polar surface area (TPSA) is 0 Å². The van der Waals surface area contributed by atoms with Gasteiger partial charge in [0.2, 0.25) is 0 Å². The Morgan fingerprint density at radius 2 is 0.842 bits per heavy atom. The molecule has 0 nitrogen and oxygen atoms in total. The summed E-state index contributed by atoms with van der Waals surface area (Å²) in [5, 5.41) is 5.51. The molecule has 6 rings (SSSR count). The molecule has 0 aliphatic heterocycles. The average Bonchev–Trinajstić information content (AvgIpc) is 3.40. The van der Waals surface area contributed by atoms with Crippen molar-refractivity contribution in [2.75, 3.05) is 0 Å². The molecule has 0 unspecified atom stereocenters. The van der Waals surface area contributed by atoms with Crippen molar-refractivity contribution >= 4 is 44.0 Å². The minimum absolute atomic E-state index is 1.12. The summed E-state index contributed by atoms with van der Waals surface area (Å²) >= 11 is -2.15. The Morgan fingerprint density at radius 1 is 0.500 bits per heavy atom. The first kappa shape index (κ1) is 28.3. The Hall–Kier alpha value is -2.74.